The monoisotopic (exact) mass is 374 g/mol. The molecule has 2 aromatic carbocycles. The zero-order valence-electron chi connectivity index (χ0n) is 16.0. The molecule has 140 valence electrons. The molecule has 2 rings (SSSR count). The van der Waals surface area contributed by atoms with Gasteiger partial charge in [-0.2, -0.15) is 0 Å². The SMILES string of the molecule is Cc1cc(C)cc(NC(=O)CCN(c2cccc(C)c2C)S(C)(=O)=O)c1. The first-order chi connectivity index (χ1) is 12.1. The molecule has 1 N–H and O–H groups in total. The highest BCUT2D eigenvalue weighted by Crippen LogP contribution is 2.25. The van der Waals surface area contributed by atoms with Crippen molar-refractivity contribution in [3.8, 4) is 0 Å². The number of nitrogens with one attached hydrogen (secondary N) is 1. The van der Waals surface area contributed by atoms with E-state index in [9.17, 15) is 13.2 Å². The molecule has 0 atom stereocenters. The van der Waals surface area contributed by atoms with Crippen molar-refractivity contribution in [2.45, 2.75) is 34.1 Å². The maximum absolute atomic E-state index is 12.3. The number of anilines is 2. The number of carbonyl (C=O) groups is 1. The van der Waals surface area contributed by atoms with Gasteiger partial charge in [-0.3, -0.25) is 9.10 Å². The van der Waals surface area contributed by atoms with Crippen molar-refractivity contribution in [3.05, 3.63) is 58.7 Å². The van der Waals surface area contributed by atoms with E-state index in [1.807, 2.05) is 58.0 Å². The van der Waals surface area contributed by atoms with Crippen molar-refractivity contribution < 1.29 is 13.2 Å². The lowest BCUT2D eigenvalue weighted by Crippen LogP contribution is -2.33. The van der Waals surface area contributed by atoms with Gasteiger partial charge in [-0.25, -0.2) is 8.42 Å². The first kappa shape index (κ1) is 20.0. The predicted octanol–water partition coefficient (Wildman–Crippen LogP) is 3.72. The molecule has 0 heterocycles. The fraction of sp³-hybridized carbons (Fsp3) is 0.350. The third kappa shape index (κ3) is 5.08. The van der Waals surface area contributed by atoms with Gasteiger partial charge >= 0.3 is 0 Å². The molecular weight excluding hydrogens is 348 g/mol. The summed E-state index contributed by atoms with van der Waals surface area (Å²) in [7, 11) is -3.49. The van der Waals surface area contributed by atoms with Crippen LogP contribution in [-0.2, 0) is 14.8 Å². The molecule has 26 heavy (non-hydrogen) atoms. The summed E-state index contributed by atoms with van der Waals surface area (Å²) in [6.45, 7) is 7.85. The number of hydrogen-bond donors (Lipinski definition) is 1. The van der Waals surface area contributed by atoms with Crippen LogP contribution >= 0.6 is 0 Å². The maximum Gasteiger partial charge on any atom is 0.232 e. The van der Waals surface area contributed by atoms with Crippen LogP contribution in [0.15, 0.2) is 36.4 Å². The first-order valence-corrected chi connectivity index (χ1v) is 10.3. The normalized spacial score (nSPS) is 11.3. The summed E-state index contributed by atoms with van der Waals surface area (Å²) in [5.41, 5.74) is 5.38. The van der Waals surface area contributed by atoms with Crippen molar-refractivity contribution in [3.63, 3.8) is 0 Å². The number of amides is 1. The van der Waals surface area contributed by atoms with Crippen LogP contribution in [0.25, 0.3) is 0 Å². The number of carbonyl (C=O) groups excluding carboxylic acids is 1. The van der Waals surface area contributed by atoms with Crippen LogP contribution in [0.5, 0.6) is 0 Å². The standard InChI is InChI=1S/C20H26N2O3S/c1-14-11-15(2)13-18(12-14)21-20(23)9-10-22(26(5,24)25)19-8-6-7-16(3)17(19)4/h6-8,11-13H,9-10H2,1-5H3,(H,21,23). The van der Waals surface area contributed by atoms with E-state index in [1.165, 1.54) is 4.31 Å². The Kier molecular flexibility index (Phi) is 6.08. The zero-order chi connectivity index (χ0) is 19.5. The van der Waals surface area contributed by atoms with Gasteiger partial charge in [-0.15, -0.1) is 0 Å². The van der Waals surface area contributed by atoms with Crippen LogP contribution in [0, 0.1) is 27.7 Å². The average Bonchev–Trinajstić information content (AvgIpc) is 2.49. The molecule has 1 amide bonds. The van der Waals surface area contributed by atoms with Crippen LogP contribution in [0.2, 0.25) is 0 Å². The summed E-state index contributed by atoms with van der Waals surface area (Å²) >= 11 is 0. The van der Waals surface area contributed by atoms with Gasteiger partial charge in [0.25, 0.3) is 0 Å². The Labute approximate surface area is 156 Å². The Hall–Kier alpha value is -2.34. The second-order valence-corrected chi connectivity index (χ2v) is 8.64. The van der Waals surface area contributed by atoms with E-state index in [0.717, 1.165) is 34.2 Å². The van der Waals surface area contributed by atoms with E-state index in [0.29, 0.717) is 5.69 Å². The smallest absolute Gasteiger partial charge is 0.232 e. The van der Waals surface area contributed by atoms with Crippen molar-refractivity contribution in [2.75, 3.05) is 22.4 Å². The second-order valence-electron chi connectivity index (χ2n) is 6.73. The Balaban J connectivity index is 2.15. The van der Waals surface area contributed by atoms with Gasteiger partial charge in [0, 0.05) is 18.7 Å². The molecular formula is C20H26N2O3S. The third-order valence-corrected chi connectivity index (χ3v) is 5.47. The van der Waals surface area contributed by atoms with Crippen LogP contribution < -0.4 is 9.62 Å². The molecule has 0 aliphatic heterocycles. The summed E-state index contributed by atoms with van der Waals surface area (Å²) in [4.78, 5) is 12.3. The van der Waals surface area contributed by atoms with E-state index in [4.69, 9.17) is 0 Å². The van der Waals surface area contributed by atoms with Gasteiger partial charge in [-0.1, -0.05) is 18.2 Å². The van der Waals surface area contributed by atoms with Crippen LogP contribution in [-0.4, -0.2) is 27.1 Å². The fourth-order valence-corrected chi connectivity index (χ4v) is 3.92. The molecule has 0 saturated heterocycles. The number of aryl methyl sites for hydroxylation is 3. The second kappa shape index (κ2) is 7.91. The summed E-state index contributed by atoms with van der Waals surface area (Å²) in [6.07, 6.45) is 1.24. The molecule has 6 heteroatoms. The largest absolute Gasteiger partial charge is 0.326 e. The van der Waals surface area contributed by atoms with Gasteiger partial charge in [0.05, 0.1) is 11.9 Å². The Morgan fingerprint density at radius 1 is 1.04 bits per heavy atom. The molecule has 0 spiro atoms. The van der Waals surface area contributed by atoms with E-state index < -0.39 is 10.0 Å². The van der Waals surface area contributed by atoms with Crippen molar-refractivity contribution in [1.82, 2.24) is 0 Å². The maximum atomic E-state index is 12.3. The third-order valence-electron chi connectivity index (χ3n) is 4.29. The van der Waals surface area contributed by atoms with Crippen molar-refractivity contribution in [1.29, 1.82) is 0 Å². The number of sulfonamides is 1. The van der Waals surface area contributed by atoms with E-state index >= 15 is 0 Å². The Morgan fingerprint density at radius 2 is 1.65 bits per heavy atom. The molecule has 0 aromatic heterocycles. The predicted molar refractivity (Wildman–Crippen MR) is 107 cm³/mol. The highest BCUT2D eigenvalue weighted by atomic mass is 32.2. The minimum Gasteiger partial charge on any atom is -0.326 e. The van der Waals surface area contributed by atoms with Crippen LogP contribution in [0.4, 0.5) is 11.4 Å². The quantitative estimate of drug-likeness (QED) is 0.838. The minimum absolute atomic E-state index is 0.0768. The summed E-state index contributed by atoms with van der Waals surface area (Å²) < 4.78 is 25.8. The zero-order valence-corrected chi connectivity index (χ0v) is 16.8. The number of hydrogen-bond acceptors (Lipinski definition) is 3. The van der Waals surface area contributed by atoms with Crippen LogP contribution in [0.3, 0.4) is 0 Å². The molecule has 0 saturated carbocycles. The summed E-state index contributed by atoms with van der Waals surface area (Å²) in [6, 6.07) is 11.3. The lowest BCUT2D eigenvalue weighted by Gasteiger charge is -2.24. The highest BCUT2D eigenvalue weighted by Gasteiger charge is 2.20. The Bertz CT molecular complexity index is 900. The van der Waals surface area contributed by atoms with Crippen molar-refractivity contribution in [2.24, 2.45) is 0 Å². The van der Waals surface area contributed by atoms with Gasteiger partial charge in [0.1, 0.15) is 0 Å². The molecule has 0 unspecified atom stereocenters. The molecule has 0 bridgehead atoms. The summed E-state index contributed by atoms with van der Waals surface area (Å²) in [5, 5.41) is 2.85. The molecule has 0 aliphatic rings. The van der Waals surface area contributed by atoms with E-state index in [-0.39, 0.29) is 18.9 Å². The van der Waals surface area contributed by atoms with Gasteiger partial charge < -0.3 is 5.32 Å². The number of rotatable bonds is 6. The van der Waals surface area contributed by atoms with Crippen molar-refractivity contribution >= 4 is 27.3 Å². The lowest BCUT2D eigenvalue weighted by molar-refractivity contribution is -0.116. The Morgan fingerprint density at radius 3 is 2.23 bits per heavy atom. The number of nitrogens with zero attached hydrogens (tertiary/aromatic N) is 1. The fourth-order valence-electron chi connectivity index (χ4n) is 2.94. The molecule has 0 fully saturated rings. The molecule has 2 aromatic rings. The molecule has 0 radical (unpaired) electrons. The van der Waals surface area contributed by atoms with Gasteiger partial charge in [-0.05, 0) is 68.1 Å². The van der Waals surface area contributed by atoms with Gasteiger partial charge in [0.2, 0.25) is 15.9 Å². The summed E-state index contributed by atoms with van der Waals surface area (Å²) in [5.74, 6) is -0.214. The topological polar surface area (TPSA) is 66.5 Å². The highest BCUT2D eigenvalue weighted by molar-refractivity contribution is 7.92. The van der Waals surface area contributed by atoms with E-state index in [1.54, 1.807) is 6.07 Å². The number of benzene rings is 2. The average molecular weight is 375 g/mol. The minimum atomic E-state index is -3.49. The first-order valence-electron chi connectivity index (χ1n) is 8.50. The van der Waals surface area contributed by atoms with Gasteiger partial charge in [0.15, 0.2) is 0 Å². The molecule has 0 aliphatic carbocycles. The van der Waals surface area contributed by atoms with Crippen LogP contribution in [0.1, 0.15) is 28.7 Å². The lowest BCUT2D eigenvalue weighted by atomic mass is 10.1. The molecule has 5 nitrogen and oxygen atoms in total. The van der Waals surface area contributed by atoms with E-state index in [2.05, 4.69) is 5.32 Å².